The Morgan fingerprint density at radius 3 is 2.85 bits per heavy atom. The highest BCUT2D eigenvalue weighted by molar-refractivity contribution is 5.92. The predicted molar refractivity (Wildman–Crippen MR) is 97.0 cm³/mol. The van der Waals surface area contributed by atoms with Crippen molar-refractivity contribution >= 4 is 11.6 Å². The van der Waals surface area contributed by atoms with Crippen molar-refractivity contribution in [2.45, 2.75) is 26.8 Å². The molecule has 26 heavy (non-hydrogen) atoms. The summed E-state index contributed by atoms with van der Waals surface area (Å²) in [6, 6.07) is 5.82. The van der Waals surface area contributed by atoms with Gasteiger partial charge in [0.25, 0.3) is 5.91 Å². The van der Waals surface area contributed by atoms with Crippen LogP contribution in [0, 0.1) is 13.8 Å². The van der Waals surface area contributed by atoms with E-state index in [0.717, 1.165) is 43.9 Å². The average Bonchev–Trinajstić information content (AvgIpc) is 3.14. The number of imidazole rings is 1. The molecule has 0 aromatic carbocycles. The van der Waals surface area contributed by atoms with Crippen LogP contribution in [0.25, 0.3) is 5.65 Å². The number of carbonyl (C=O) groups is 1. The fourth-order valence-electron chi connectivity index (χ4n) is 3.42. The molecule has 0 atom stereocenters. The number of amides is 1. The summed E-state index contributed by atoms with van der Waals surface area (Å²) < 4.78 is 7.10. The summed E-state index contributed by atoms with van der Waals surface area (Å²) in [5.74, 6) is 0.610. The van der Waals surface area contributed by atoms with Gasteiger partial charge in [-0.25, -0.2) is 4.98 Å². The summed E-state index contributed by atoms with van der Waals surface area (Å²) in [6.07, 6.45) is 5.12. The molecule has 0 aliphatic carbocycles. The van der Waals surface area contributed by atoms with Crippen molar-refractivity contribution in [1.29, 1.82) is 0 Å². The Labute approximate surface area is 152 Å². The molecule has 0 spiro atoms. The Morgan fingerprint density at radius 1 is 1.15 bits per heavy atom. The molecule has 1 amide bonds. The summed E-state index contributed by atoms with van der Waals surface area (Å²) in [4.78, 5) is 21.5. The van der Waals surface area contributed by atoms with Gasteiger partial charge >= 0.3 is 0 Å². The van der Waals surface area contributed by atoms with E-state index in [4.69, 9.17) is 9.51 Å². The molecular formula is C19H23N5O2. The minimum Gasteiger partial charge on any atom is -0.361 e. The topological polar surface area (TPSA) is 66.9 Å². The number of hydrogen-bond acceptors (Lipinski definition) is 5. The SMILES string of the molecule is Cc1ccc2nc(CN3CCCN(C(=O)c4cc(C)on4)CC3)cn2c1. The van der Waals surface area contributed by atoms with Crippen LogP contribution in [0.5, 0.6) is 0 Å². The number of rotatable bonds is 3. The molecule has 0 N–H and O–H groups in total. The first-order valence-electron chi connectivity index (χ1n) is 8.98. The van der Waals surface area contributed by atoms with E-state index >= 15 is 0 Å². The molecule has 1 aliphatic rings. The van der Waals surface area contributed by atoms with Crippen LogP contribution in [0.4, 0.5) is 0 Å². The third-order valence-corrected chi connectivity index (χ3v) is 4.76. The van der Waals surface area contributed by atoms with E-state index in [2.05, 4.69) is 39.8 Å². The lowest BCUT2D eigenvalue weighted by molar-refractivity contribution is 0.0750. The lowest BCUT2D eigenvalue weighted by atomic mass is 10.3. The summed E-state index contributed by atoms with van der Waals surface area (Å²) in [7, 11) is 0. The van der Waals surface area contributed by atoms with Gasteiger partial charge in [0, 0.05) is 51.2 Å². The minimum atomic E-state index is -0.0492. The largest absolute Gasteiger partial charge is 0.361 e. The third-order valence-electron chi connectivity index (χ3n) is 4.76. The number of pyridine rings is 1. The first kappa shape index (κ1) is 16.8. The molecule has 136 valence electrons. The van der Waals surface area contributed by atoms with Crippen molar-refractivity contribution in [3.05, 3.63) is 53.3 Å². The third kappa shape index (κ3) is 3.48. The van der Waals surface area contributed by atoms with E-state index in [9.17, 15) is 4.79 Å². The lowest BCUT2D eigenvalue weighted by Crippen LogP contribution is -2.35. The molecule has 4 rings (SSSR count). The average molecular weight is 353 g/mol. The molecule has 7 nitrogen and oxygen atoms in total. The standard InChI is InChI=1S/C19H23N5O2/c1-14-4-5-18-20-16(13-24(18)11-14)12-22-6-3-7-23(9-8-22)19(25)17-10-15(2)26-21-17/h4-5,10-11,13H,3,6-9,12H2,1-2H3. The molecule has 0 unspecified atom stereocenters. The second kappa shape index (κ2) is 6.92. The minimum absolute atomic E-state index is 0.0492. The van der Waals surface area contributed by atoms with E-state index in [1.807, 2.05) is 11.0 Å². The van der Waals surface area contributed by atoms with Crippen LogP contribution in [0.3, 0.4) is 0 Å². The van der Waals surface area contributed by atoms with Crippen molar-refractivity contribution in [1.82, 2.24) is 24.3 Å². The van der Waals surface area contributed by atoms with Gasteiger partial charge in [-0.1, -0.05) is 11.2 Å². The normalized spacial score (nSPS) is 16.2. The maximum absolute atomic E-state index is 12.5. The van der Waals surface area contributed by atoms with Gasteiger partial charge in [-0.3, -0.25) is 9.69 Å². The molecule has 1 aliphatic heterocycles. The van der Waals surface area contributed by atoms with Crippen molar-refractivity contribution < 1.29 is 9.32 Å². The maximum Gasteiger partial charge on any atom is 0.276 e. The Kier molecular flexibility index (Phi) is 4.46. The van der Waals surface area contributed by atoms with Crippen molar-refractivity contribution in [2.75, 3.05) is 26.2 Å². The molecule has 1 saturated heterocycles. The van der Waals surface area contributed by atoms with Gasteiger partial charge < -0.3 is 13.8 Å². The number of carbonyl (C=O) groups excluding carboxylic acids is 1. The molecule has 0 bridgehead atoms. The highest BCUT2D eigenvalue weighted by atomic mass is 16.5. The van der Waals surface area contributed by atoms with Gasteiger partial charge in [-0.05, 0) is 31.9 Å². The van der Waals surface area contributed by atoms with E-state index in [0.29, 0.717) is 18.0 Å². The molecule has 0 radical (unpaired) electrons. The number of aryl methyl sites for hydroxylation is 2. The molecule has 3 aromatic rings. The van der Waals surface area contributed by atoms with E-state index < -0.39 is 0 Å². The van der Waals surface area contributed by atoms with Gasteiger partial charge in [0.1, 0.15) is 11.4 Å². The number of nitrogens with zero attached hydrogens (tertiary/aromatic N) is 5. The summed E-state index contributed by atoms with van der Waals surface area (Å²) in [5, 5.41) is 3.85. The fraction of sp³-hybridized carbons (Fsp3) is 0.421. The Bertz CT molecular complexity index is 929. The molecule has 7 heteroatoms. The fourth-order valence-corrected chi connectivity index (χ4v) is 3.42. The molecule has 4 heterocycles. The number of aromatic nitrogens is 3. The van der Waals surface area contributed by atoms with Crippen molar-refractivity contribution in [2.24, 2.45) is 0 Å². The van der Waals surface area contributed by atoms with Crippen LogP contribution in [0.2, 0.25) is 0 Å². The van der Waals surface area contributed by atoms with Crippen LogP contribution in [0.1, 0.15) is 33.9 Å². The van der Waals surface area contributed by atoms with Gasteiger partial charge in [-0.15, -0.1) is 0 Å². The summed E-state index contributed by atoms with van der Waals surface area (Å²) >= 11 is 0. The zero-order valence-corrected chi connectivity index (χ0v) is 15.2. The molecule has 0 saturated carbocycles. The Morgan fingerprint density at radius 2 is 2.04 bits per heavy atom. The smallest absolute Gasteiger partial charge is 0.276 e. The highest BCUT2D eigenvalue weighted by Crippen LogP contribution is 2.13. The Balaban J connectivity index is 1.40. The monoisotopic (exact) mass is 353 g/mol. The first-order chi connectivity index (χ1) is 12.6. The Hall–Kier alpha value is -2.67. The quantitative estimate of drug-likeness (QED) is 0.723. The van der Waals surface area contributed by atoms with Crippen LogP contribution < -0.4 is 0 Å². The summed E-state index contributed by atoms with van der Waals surface area (Å²) in [5.41, 5.74) is 3.64. The molecular weight excluding hydrogens is 330 g/mol. The van der Waals surface area contributed by atoms with Crippen molar-refractivity contribution in [3.63, 3.8) is 0 Å². The molecule has 1 fully saturated rings. The zero-order valence-electron chi connectivity index (χ0n) is 15.2. The predicted octanol–water partition coefficient (Wildman–Crippen LogP) is 2.29. The van der Waals surface area contributed by atoms with Gasteiger partial charge in [0.2, 0.25) is 0 Å². The second-order valence-corrected chi connectivity index (χ2v) is 6.95. The first-order valence-corrected chi connectivity index (χ1v) is 8.98. The van der Waals surface area contributed by atoms with Crippen LogP contribution in [0.15, 0.2) is 35.1 Å². The van der Waals surface area contributed by atoms with Crippen LogP contribution in [-0.4, -0.2) is 56.4 Å². The van der Waals surface area contributed by atoms with E-state index in [-0.39, 0.29) is 5.91 Å². The number of hydrogen-bond donors (Lipinski definition) is 0. The maximum atomic E-state index is 12.5. The van der Waals surface area contributed by atoms with Crippen LogP contribution >= 0.6 is 0 Å². The van der Waals surface area contributed by atoms with Crippen LogP contribution in [-0.2, 0) is 6.54 Å². The highest BCUT2D eigenvalue weighted by Gasteiger charge is 2.23. The molecule has 3 aromatic heterocycles. The van der Waals surface area contributed by atoms with Crippen molar-refractivity contribution in [3.8, 4) is 0 Å². The van der Waals surface area contributed by atoms with Gasteiger partial charge in [0.15, 0.2) is 5.69 Å². The number of fused-ring (bicyclic) bond motifs is 1. The van der Waals surface area contributed by atoms with Gasteiger partial charge in [-0.2, -0.15) is 0 Å². The zero-order chi connectivity index (χ0) is 18.1. The summed E-state index contributed by atoms with van der Waals surface area (Å²) in [6.45, 7) is 7.89. The lowest BCUT2D eigenvalue weighted by Gasteiger charge is -2.20. The van der Waals surface area contributed by atoms with E-state index in [1.165, 1.54) is 5.56 Å². The van der Waals surface area contributed by atoms with E-state index in [1.54, 1.807) is 13.0 Å². The second-order valence-electron chi connectivity index (χ2n) is 6.95. The van der Waals surface area contributed by atoms with Gasteiger partial charge in [0.05, 0.1) is 5.69 Å².